The monoisotopic (exact) mass is 409 g/mol. The minimum absolute atomic E-state index is 0.127. The Morgan fingerprint density at radius 2 is 1.47 bits per heavy atom. The number of ether oxygens (including phenoxy) is 1. The number of hydrogen-bond donors (Lipinski definition) is 2. The largest absolute Gasteiger partial charge is 0.508 e. The van der Waals surface area contributed by atoms with Crippen molar-refractivity contribution in [1.82, 2.24) is 0 Å². The number of carbonyl (C=O) groups excluding carboxylic acids is 1. The van der Waals surface area contributed by atoms with Gasteiger partial charge in [-0.3, -0.25) is 4.79 Å². The molecule has 0 unspecified atom stereocenters. The van der Waals surface area contributed by atoms with E-state index < -0.39 is 18.1 Å². The van der Waals surface area contributed by atoms with E-state index in [9.17, 15) is 18.7 Å². The van der Waals surface area contributed by atoms with Crippen LogP contribution < -0.4 is 5.32 Å². The van der Waals surface area contributed by atoms with Crippen molar-refractivity contribution in [3.8, 4) is 5.75 Å². The molecule has 2 N–H and O–H groups in total. The summed E-state index contributed by atoms with van der Waals surface area (Å²) in [4.78, 5) is 12.9. The van der Waals surface area contributed by atoms with E-state index in [4.69, 9.17) is 4.74 Å². The standard InChI is InChI=1S/C24H21F2NO3/c25-17-5-1-15(2-6-17)22-14-13-21(24(29)30-22)23(16-3-11-20(28)12-4-16)27-19-9-7-18(26)8-10-19/h1-12,21-23,27-28H,13-14H2/t21-,22-,23-/m1/s1. The fourth-order valence-electron chi connectivity index (χ4n) is 3.77. The fraction of sp³-hybridized carbons (Fsp3) is 0.208. The van der Waals surface area contributed by atoms with Crippen LogP contribution in [0.25, 0.3) is 0 Å². The van der Waals surface area contributed by atoms with E-state index in [-0.39, 0.29) is 23.4 Å². The van der Waals surface area contributed by atoms with Crippen LogP contribution in [0.1, 0.15) is 36.1 Å². The SMILES string of the molecule is O=C1O[C@@H](c2ccc(F)cc2)CC[C@@H]1[C@H](Nc1ccc(F)cc1)c1ccc(O)cc1. The zero-order chi connectivity index (χ0) is 21.1. The number of phenols is 1. The van der Waals surface area contributed by atoms with E-state index in [2.05, 4.69) is 5.32 Å². The molecule has 4 nitrogen and oxygen atoms in total. The maximum atomic E-state index is 13.3. The van der Waals surface area contributed by atoms with Gasteiger partial charge in [0.15, 0.2) is 0 Å². The predicted molar refractivity (Wildman–Crippen MR) is 109 cm³/mol. The zero-order valence-corrected chi connectivity index (χ0v) is 16.1. The number of aromatic hydroxyl groups is 1. The van der Waals surface area contributed by atoms with Gasteiger partial charge in [-0.15, -0.1) is 0 Å². The minimum Gasteiger partial charge on any atom is -0.508 e. The molecule has 1 aliphatic heterocycles. The topological polar surface area (TPSA) is 58.6 Å². The van der Waals surface area contributed by atoms with E-state index in [1.54, 1.807) is 48.5 Å². The summed E-state index contributed by atoms with van der Waals surface area (Å²) in [5.41, 5.74) is 2.23. The molecule has 154 valence electrons. The number of esters is 1. The van der Waals surface area contributed by atoms with Crippen molar-refractivity contribution in [3.05, 3.63) is 95.6 Å². The van der Waals surface area contributed by atoms with Crippen molar-refractivity contribution >= 4 is 11.7 Å². The van der Waals surface area contributed by atoms with Crippen molar-refractivity contribution in [2.24, 2.45) is 5.92 Å². The van der Waals surface area contributed by atoms with Crippen molar-refractivity contribution in [1.29, 1.82) is 0 Å². The number of cyclic esters (lactones) is 1. The van der Waals surface area contributed by atoms with Gasteiger partial charge < -0.3 is 15.2 Å². The smallest absolute Gasteiger partial charge is 0.311 e. The molecule has 3 atom stereocenters. The Bertz CT molecular complexity index is 1000. The first-order valence-corrected chi connectivity index (χ1v) is 9.76. The Labute approximate surface area is 173 Å². The lowest BCUT2D eigenvalue weighted by Crippen LogP contribution is -2.34. The Balaban J connectivity index is 1.57. The number of benzene rings is 3. The van der Waals surface area contributed by atoms with E-state index >= 15 is 0 Å². The molecule has 0 amide bonds. The van der Waals surface area contributed by atoms with Crippen LogP contribution in [-0.2, 0) is 9.53 Å². The van der Waals surface area contributed by atoms with Gasteiger partial charge in [0.2, 0.25) is 0 Å². The summed E-state index contributed by atoms with van der Waals surface area (Å²) in [5.74, 6) is -1.39. The van der Waals surface area contributed by atoms with Crippen molar-refractivity contribution < 1.29 is 23.4 Å². The number of hydrogen-bond acceptors (Lipinski definition) is 4. The third-order valence-electron chi connectivity index (χ3n) is 5.36. The first-order valence-electron chi connectivity index (χ1n) is 9.76. The lowest BCUT2D eigenvalue weighted by molar-refractivity contribution is -0.161. The molecule has 1 heterocycles. The van der Waals surface area contributed by atoms with Gasteiger partial charge in [0.25, 0.3) is 0 Å². The summed E-state index contributed by atoms with van der Waals surface area (Å²) in [5, 5.41) is 12.9. The van der Waals surface area contributed by atoms with Crippen LogP contribution >= 0.6 is 0 Å². The number of anilines is 1. The van der Waals surface area contributed by atoms with E-state index in [0.717, 1.165) is 11.1 Å². The number of carbonyl (C=O) groups is 1. The molecule has 30 heavy (non-hydrogen) atoms. The van der Waals surface area contributed by atoms with E-state index in [1.807, 2.05) is 0 Å². The van der Waals surface area contributed by atoms with Gasteiger partial charge in [-0.25, -0.2) is 8.78 Å². The second-order valence-corrected chi connectivity index (χ2v) is 7.38. The summed E-state index contributed by atoms with van der Waals surface area (Å²) < 4.78 is 32.2. The number of phenolic OH excluding ortho intramolecular Hbond substituents is 1. The predicted octanol–water partition coefficient (Wildman–Crippen LogP) is 5.52. The molecular formula is C24H21F2NO3. The number of rotatable bonds is 5. The van der Waals surface area contributed by atoms with Gasteiger partial charge in [-0.05, 0) is 72.5 Å². The van der Waals surface area contributed by atoms with Gasteiger partial charge in [0, 0.05) is 5.69 Å². The summed E-state index contributed by atoms with van der Waals surface area (Å²) >= 11 is 0. The van der Waals surface area contributed by atoms with Crippen LogP contribution in [0, 0.1) is 17.6 Å². The quantitative estimate of drug-likeness (QED) is 0.545. The van der Waals surface area contributed by atoms with Crippen LogP contribution in [0.4, 0.5) is 14.5 Å². The highest BCUT2D eigenvalue weighted by molar-refractivity contribution is 5.75. The van der Waals surface area contributed by atoms with Gasteiger partial charge in [0.1, 0.15) is 23.5 Å². The number of nitrogens with one attached hydrogen (secondary N) is 1. The number of halogens is 2. The van der Waals surface area contributed by atoms with Crippen LogP contribution in [-0.4, -0.2) is 11.1 Å². The molecule has 1 aliphatic rings. The van der Waals surface area contributed by atoms with Crippen LogP contribution in [0.3, 0.4) is 0 Å². The Kier molecular flexibility index (Phi) is 5.65. The maximum Gasteiger partial charge on any atom is 0.311 e. The molecule has 4 rings (SSSR count). The molecule has 1 saturated heterocycles. The summed E-state index contributed by atoms with van der Waals surface area (Å²) in [7, 11) is 0. The third-order valence-corrected chi connectivity index (χ3v) is 5.36. The van der Waals surface area contributed by atoms with E-state index in [0.29, 0.717) is 18.5 Å². The third kappa shape index (κ3) is 4.43. The molecule has 0 bridgehead atoms. The Morgan fingerprint density at radius 1 is 0.867 bits per heavy atom. The lowest BCUT2D eigenvalue weighted by atomic mass is 9.85. The zero-order valence-electron chi connectivity index (χ0n) is 16.1. The van der Waals surface area contributed by atoms with Crippen molar-refractivity contribution in [3.63, 3.8) is 0 Å². The highest BCUT2D eigenvalue weighted by Crippen LogP contribution is 2.39. The second kappa shape index (κ2) is 8.53. The maximum absolute atomic E-state index is 13.3. The van der Waals surface area contributed by atoms with Crippen molar-refractivity contribution in [2.75, 3.05) is 5.32 Å². The Hall–Kier alpha value is -3.41. The summed E-state index contributed by atoms with van der Waals surface area (Å²) in [6, 6.07) is 18.1. The van der Waals surface area contributed by atoms with Crippen LogP contribution in [0.5, 0.6) is 5.75 Å². The molecule has 0 spiro atoms. The average molecular weight is 409 g/mol. The molecule has 3 aromatic rings. The normalized spacial score (nSPS) is 19.7. The molecule has 0 aliphatic carbocycles. The lowest BCUT2D eigenvalue weighted by Gasteiger charge is -2.34. The second-order valence-electron chi connectivity index (χ2n) is 7.38. The highest BCUT2D eigenvalue weighted by Gasteiger charge is 2.37. The molecule has 6 heteroatoms. The van der Waals surface area contributed by atoms with Gasteiger partial charge in [-0.1, -0.05) is 24.3 Å². The van der Waals surface area contributed by atoms with Gasteiger partial charge in [0.05, 0.1) is 12.0 Å². The van der Waals surface area contributed by atoms with Crippen LogP contribution in [0.2, 0.25) is 0 Å². The van der Waals surface area contributed by atoms with Gasteiger partial charge in [-0.2, -0.15) is 0 Å². The molecule has 3 aromatic carbocycles. The molecule has 1 fully saturated rings. The molecule has 0 aromatic heterocycles. The highest BCUT2D eigenvalue weighted by atomic mass is 19.1. The Morgan fingerprint density at radius 3 is 2.07 bits per heavy atom. The molecule has 0 radical (unpaired) electrons. The van der Waals surface area contributed by atoms with Crippen LogP contribution in [0.15, 0.2) is 72.8 Å². The average Bonchev–Trinajstić information content (AvgIpc) is 2.75. The molecule has 0 saturated carbocycles. The first-order chi connectivity index (χ1) is 14.5. The summed E-state index contributed by atoms with van der Waals surface area (Å²) in [6.07, 6.45) is 0.739. The van der Waals surface area contributed by atoms with E-state index in [1.165, 1.54) is 24.3 Å². The van der Waals surface area contributed by atoms with Gasteiger partial charge >= 0.3 is 5.97 Å². The minimum atomic E-state index is -0.476. The fourth-order valence-corrected chi connectivity index (χ4v) is 3.77. The first kappa shape index (κ1) is 19.9. The van der Waals surface area contributed by atoms with Crippen molar-refractivity contribution in [2.45, 2.75) is 25.0 Å². The molecular weight excluding hydrogens is 388 g/mol. The summed E-state index contributed by atoms with van der Waals surface area (Å²) in [6.45, 7) is 0.